The number of rotatable bonds is 3. The molecular formula is C13H17BrN2O4S. The van der Waals surface area contributed by atoms with E-state index in [1.807, 2.05) is 0 Å². The summed E-state index contributed by atoms with van der Waals surface area (Å²) < 4.78 is 27.1. The number of carbonyl (C=O) groups is 1. The highest BCUT2D eigenvalue weighted by molar-refractivity contribution is 9.10. The molecular weight excluding hydrogens is 360 g/mol. The number of sulfonamides is 1. The highest BCUT2D eigenvalue weighted by Crippen LogP contribution is 2.27. The van der Waals surface area contributed by atoms with E-state index in [0.29, 0.717) is 23.9 Å². The number of carboxylic acid groups (broad SMARTS) is 1. The Morgan fingerprint density at radius 3 is 2.71 bits per heavy atom. The van der Waals surface area contributed by atoms with Crippen LogP contribution < -0.4 is 0 Å². The van der Waals surface area contributed by atoms with Crippen molar-refractivity contribution in [3.63, 3.8) is 0 Å². The summed E-state index contributed by atoms with van der Waals surface area (Å²) in [6, 6.07) is 6.27. The van der Waals surface area contributed by atoms with E-state index in [-0.39, 0.29) is 17.5 Å². The first-order chi connectivity index (χ1) is 9.84. The fraction of sp³-hybridized carbons (Fsp3) is 0.462. The van der Waals surface area contributed by atoms with Gasteiger partial charge in [-0.2, -0.15) is 4.31 Å². The van der Waals surface area contributed by atoms with Crippen molar-refractivity contribution in [2.75, 3.05) is 20.1 Å². The Balaban J connectivity index is 2.24. The van der Waals surface area contributed by atoms with Gasteiger partial charge < -0.3 is 10.0 Å². The number of nitrogens with zero attached hydrogens (tertiary/aromatic N) is 2. The lowest BCUT2D eigenvalue weighted by Gasteiger charge is -2.35. The Bertz CT molecular complexity index is 635. The molecule has 1 N–H and O–H groups in total. The molecule has 1 aromatic carbocycles. The summed E-state index contributed by atoms with van der Waals surface area (Å²) in [6.45, 7) is 0.657. The van der Waals surface area contributed by atoms with Gasteiger partial charge in [-0.05, 0) is 40.9 Å². The average molecular weight is 377 g/mol. The summed E-state index contributed by atoms with van der Waals surface area (Å²) in [4.78, 5) is 12.5. The lowest BCUT2D eigenvalue weighted by molar-refractivity contribution is 0.116. The molecule has 21 heavy (non-hydrogen) atoms. The van der Waals surface area contributed by atoms with Gasteiger partial charge in [0.05, 0.1) is 4.90 Å². The molecule has 0 unspecified atom stereocenters. The standard InChI is InChI=1S/C13H17BrN2O4S/c1-15(10-5-4-8-16(9-10)13(17)18)21(19,20)12-7-3-2-6-11(12)14/h2-3,6-7,10H,4-5,8-9H2,1H3,(H,17,18)/t10-/m1/s1. The minimum absolute atomic E-state index is 0.194. The van der Waals surface area contributed by atoms with Crippen molar-refractivity contribution in [2.24, 2.45) is 0 Å². The van der Waals surface area contributed by atoms with Crippen molar-refractivity contribution in [2.45, 2.75) is 23.8 Å². The van der Waals surface area contributed by atoms with Crippen LogP contribution >= 0.6 is 15.9 Å². The van der Waals surface area contributed by atoms with Gasteiger partial charge in [-0.15, -0.1) is 0 Å². The highest BCUT2D eigenvalue weighted by atomic mass is 79.9. The lowest BCUT2D eigenvalue weighted by Crippen LogP contribution is -2.49. The van der Waals surface area contributed by atoms with Gasteiger partial charge in [0.15, 0.2) is 0 Å². The van der Waals surface area contributed by atoms with Gasteiger partial charge in [-0.3, -0.25) is 0 Å². The lowest BCUT2D eigenvalue weighted by atomic mass is 10.1. The van der Waals surface area contributed by atoms with Gasteiger partial charge in [-0.25, -0.2) is 13.2 Å². The van der Waals surface area contributed by atoms with E-state index < -0.39 is 16.1 Å². The molecule has 1 amide bonds. The highest BCUT2D eigenvalue weighted by Gasteiger charge is 2.33. The van der Waals surface area contributed by atoms with E-state index in [4.69, 9.17) is 5.11 Å². The molecule has 8 heteroatoms. The summed E-state index contributed by atoms with van der Waals surface area (Å²) >= 11 is 3.25. The van der Waals surface area contributed by atoms with Crippen LogP contribution in [-0.4, -0.2) is 55.0 Å². The van der Waals surface area contributed by atoms with E-state index in [0.717, 1.165) is 0 Å². The van der Waals surface area contributed by atoms with E-state index in [1.165, 1.54) is 22.3 Å². The summed E-state index contributed by atoms with van der Waals surface area (Å²) in [5.74, 6) is 0. The zero-order chi connectivity index (χ0) is 15.6. The third kappa shape index (κ3) is 3.38. The molecule has 116 valence electrons. The molecule has 1 aliphatic rings. The SMILES string of the molecule is CN([C@@H]1CCCN(C(=O)O)C1)S(=O)(=O)c1ccccc1Br. The maximum Gasteiger partial charge on any atom is 0.407 e. The number of benzene rings is 1. The van der Waals surface area contributed by atoms with Crippen molar-refractivity contribution >= 4 is 32.0 Å². The predicted octanol–water partition coefficient (Wildman–Crippen LogP) is 2.21. The van der Waals surface area contributed by atoms with Gasteiger partial charge >= 0.3 is 6.09 Å². The maximum absolute atomic E-state index is 12.7. The second-order valence-electron chi connectivity index (χ2n) is 4.98. The predicted molar refractivity (Wildman–Crippen MR) is 81.7 cm³/mol. The van der Waals surface area contributed by atoms with Crippen molar-refractivity contribution in [1.29, 1.82) is 0 Å². The van der Waals surface area contributed by atoms with Crippen LogP contribution in [0.15, 0.2) is 33.6 Å². The van der Waals surface area contributed by atoms with Gasteiger partial charge in [0, 0.05) is 30.7 Å². The topological polar surface area (TPSA) is 77.9 Å². The molecule has 0 bridgehead atoms. The van der Waals surface area contributed by atoms with Gasteiger partial charge in [0.2, 0.25) is 10.0 Å². The van der Waals surface area contributed by atoms with Gasteiger partial charge in [0.1, 0.15) is 0 Å². The first kappa shape index (κ1) is 16.3. The summed E-state index contributed by atoms with van der Waals surface area (Å²) in [7, 11) is -2.15. The number of piperidine rings is 1. The van der Waals surface area contributed by atoms with Gasteiger partial charge in [-0.1, -0.05) is 12.1 Å². The summed E-state index contributed by atoms with van der Waals surface area (Å²) in [5, 5.41) is 9.05. The molecule has 0 aromatic heterocycles. The number of likely N-dealkylation sites (tertiary alicyclic amines) is 1. The Hall–Kier alpha value is -1.12. The van der Waals surface area contributed by atoms with Crippen molar-refractivity contribution < 1.29 is 18.3 Å². The molecule has 0 radical (unpaired) electrons. The monoisotopic (exact) mass is 376 g/mol. The average Bonchev–Trinajstić information content (AvgIpc) is 2.46. The van der Waals surface area contributed by atoms with Crippen molar-refractivity contribution in [1.82, 2.24) is 9.21 Å². The third-order valence-corrected chi connectivity index (χ3v) is 6.60. The number of amides is 1. The zero-order valence-electron chi connectivity index (χ0n) is 11.6. The minimum atomic E-state index is -3.65. The fourth-order valence-corrected chi connectivity index (χ4v) is 4.77. The number of likely N-dealkylation sites (N-methyl/N-ethyl adjacent to an activating group) is 1. The molecule has 1 saturated heterocycles. The first-order valence-corrected chi connectivity index (χ1v) is 8.78. The van der Waals surface area contributed by atoms with Crippen molar-refractivity contribution in [3.05, 3.63) is 28.7 Å². The zero-order valence-corrected chi connectivity index (χ0v) is 14.0. The summed E-state index contributed by atoms with van der Waals surface area (Å²) in [5.41, 5.74) is 0. The van der Waals surface area contributed by atoms with E-state index in [1.54, 1.807) is 18.2 Å². The van der Waals surface area contributed by atoms with E-state index in [2.05, 4.69) is 15.9 Å². The van der Waals surface area contributed by atoms with Crippen LogP contribution in [0.4, 0.5) is 4.79 Å². The smallest absolute Gasteiger partial charge is 0.407 e. The molecule has 6 nitrogen and oxygen atoms in total. The van der Waals surface area contributed by atoms with E-state index >= 15 is 0 Å². The number of hydrogen-bond donors (Lipinski definition) is 1. The molecule has 1 heterocycles. The molecule has 1 atom stereocenters. The fourth-order valence-electron chi connectivity index (χ4n) is 2.43. The molecule has 1 aliphatic heterocycles. The Morgan fingerprint density at radius 1 is 1.43 bits per heavy atom. The van der Waals surface area contributed by atoms with Crippen LogP contribution in [0, 0.1) is 0 Å². The second kappa shape index (κ2) is 6.33. The molecule has 1 aromatic rings. The Kier molecular flexibility index (Phi) is 4.90. The van der Waals surface area contributed by atoms with Crippen LogP contribution in [0.3, 0.4) is 0 Å². The van der Waals surface area contributed by atoms with E-state index in [9.17, 15) is 13.2 Å². The van der Waals surface area contributed by atoms with Crippen LogP contribution in [0.5, 0.6) is 0 Å². The molecule has 1 fully saturated rings. The third-order valence-electron chi connectivity index (χ3n) is 3.67. The molecule has 0 spiro atoms. The van der Waals surface area contributed by atoms with Crippen molar-refractivity contribution in [3.8, 4) is 0 Å². The number of hydrogen-bond acceptors (Lipinski definition) is 3. The number of halogens is 1. The largest absolute Gasteiger partial charge is 0.465 e. The second-order valence-corrected chi connectivity index (χ2v) is 7.80. The first-order valence-electron chi connectivity index (χ1n) is 6.54. The quantitative estimate of drug-likeness (QED) is 0.876. The Morgan fingerprint density at radius 2 is 2.10 bits per heavy atom. The molecule has 0 aliphatic carbocycles. The van der Waals surface area contributed by atoms with Crippen LogP contribution in [-0.2, 0) is 10.0 Å². The van der Waals surface area contributed by atoms with Crippen LogP contribution in [0.1, 0.15) is 12.8 Å². The summed E-state index contributed by atoms with van der Waals surface area (Å²) in [6.07, 6.45) is 0.308. The Labute approximate surface area is 132 Å². The normalized spacial score (nSPS) is 19.8. The van der Waals surface area contributed by atoms with Crippen LogP contribution in [0.2, 0.25) is 0 Å². The van der Waals surface area contributed by atoms with Crippen LogP contribution in [0.25, 0.3) is 0 Å². The maximum atomic E-state index is 12.7. The molecule has 0 saturated carbocycles. The minimum Gasteiger partial charge on any atom is -0.465 e. The van der Waals surface area contributed by atoms with Gasteiger partial charge in [0.25, 0.3) is 0 Å². The molecule has 2 rings (SSSR count).